The van der Waals surface area contributed by atoms with Gasteiger partial charge in [-0.3, -0.25) is 14.9 Å². The molecule has 0 unspecified atom stereocenters. The molecule has 0 fully saturated rings. The zero-order valence-electron chi connectivity index (χ0n) is 11.6. The normalized spacial score (nSPS) is 10.1. The molecule has 0 atom stereocenters. The van der Waals surface area contributed by atoms with E-state index in [2.05, 4.69) is 26.2 Å². The Kier molecular flexibility index (Phi) is 5.05. The van der Waals surface area contributed by atoms with E-state index in [0.29, 0.717) is 11.6 Å². The summed E-state index contributed by atoms with van der Waals surface area (Å²) in [5.74, 6) is 0.436. The lowest BCUT2D eigenvalue weighted by atomic mass is 10.3. The Hall–Kier alpha value is -2.48. The number of rotatable bonds is 5. The largest absolute Gasteiger partial charge is 0.484 e. The number of nitrogens with one attached hydrogen (secondary N) is 1. The second kappa shape index (κ2) is 6.99. The number of non-ortho nitro benzene ring substituents is 1. The molecule has 22 heavy (non-hydrogen) atoms. The number of aryl methyl sites for hydroxylation is 1. The van der Waals surface area contributed by atoms with Crippen molar-refractivity contribution in [2.45, 2.75) is 6.92 Å². The lowest BCUT2D eigenvalue weighted by Crippen LogP contribution is -2.20. The van der Waals surface area contributed by atoms with Crippen LogP contribution in [0.3, 0.4) is 0 Å². The lowest BCUT2D eigenvalue weighted by Gasteiger charge is -2.08. The molecule has 1 heterocycles. The predicted molar refractivity (Wildman–Crippen MR) is 83.9 cm³/mol. The van der Waals surface area contributed by atoms with Crippen molar-refractivity contribution in [3.63, 3.8) is 0 Å². The molecule has 0 spiro atoms. The Morgan fingerprint density at radius 3 is 2.59 bits per heavy atom. The first-order valence-electron chi connectivity index (χ1n) is 6.26. The molecule has 2 rings (SSSR count). The second-order valence-corrected chi connectivity index (χ2v) is 5.21. The van der Waals surface area contributed by atoms with Crippen LogP contribution in [0.2, 0.25) is 0 Å². The van der Waals surface area contributed by atoms with Gasteiger partial charge in [0.2, 0.25) is 0 Å². The van der Waals surface area contributed by atoms with E-state index in [1.807, 2.05) is 6.92 Å². The van der Waals surface area contributed by atoms with Gasteiger partial charge in [-0.15, -0.1) is 0 Å². The van der Waals surface area contributed by atoms with Crippen molar-refractivity contribution in [3.05, 3.63) is 56.7 Å². The maximum atomic E-state index is 11.8. The minimum atomic E-state index is -0.502. The van der Waals surface area contributed by atoms with E-state index in [-0.39, 0.29) is 18.2 Å². The highest BCUT2D eigenvalue weighted by atomic mass is 79.9. The predicted octanol–water partition coefficient (Wildman–Crippen LogP) is 3.08. The SMILES string of the molecule is Cc1nc(NC(=O)COc2ccc([N+](=O)[O-])cc2)ccc1Br. The number of carbonyl (C=O) groups is 1. The van der Waals surface area contributed by atoms with Crippen LogP contribution in [0.5, 0.6) is 5.75 Å². The molecule has 1 aromatic heterocycles. The van der Waals surface area contributed by atoms with Gasteiger partial charge in [-0.05, 0) is 47.1 Å². The van der Waals surface area contributed by atoms with E-state index >= 15 is 0 Å². The topological polar surface area (TPSA) is 94.4 Å². The van der Waals surface area contributed by atoms with Gasteiger partial charge in [0.05, 0.1) is 10.6 Å². The third-order valence-corrected chi connectivity index (χ3v) is 3.54. The number of nitrogens with zero attached hydrogens (tertiary/aromatic N) is 2. The summed E-state index contributed by atoms with van der Waals surface area (Å²) in [6.07, 6.45) is 0. The number of aromatic nitrogens is 1. The van der Waals surface area contributed by atoms with Crippen LogP contribution in [0.4, 0.5) is 11.5 Å². The van der Waals surface area contributed by atoms with Crippen LogP contribution in [0.15, 0.2) is 40.9 Å². The van der Waals surface area contributed by atoms with Crippen LogP contribution < -0.4 is 10.1 Å². The summed E-state index contributed by atoms with van der Waals surface area (Å²) in [5, 5.41) is 13.1. The first kappa shape index (κ1) is 15.9. The monoisotopic (exact) mass is 365 g/mol. The lowest BCUT2D eigenvalue weighted by molar-refractivity contribution is -0.384. The molecule has 1 aromatic carbocycles. The minimum absolute atomic E-state index is 0.0358. The summed E-state index contributed by atoms with van der Waals surface area (Å²) in [6.45, 7) is 1.60. The van der Waals surface area contributed by atoms with Crippen molar-refractivity contribution >= 4 is 33.3 Å². The van der Waals surface area contributed by atoms with Gasteiger partial charge < -0.3 is 10.1 Å². The minimum Gasteiger partial charge on any atom is -0.484 e. The molecule has 0 aliphatic heterocycles. The molecule has 8 heteroatoms. The third-order valence-electron chi connectivity index (χ3n) is 2.71. The Morgan fingerprint density at radius 2 is 2.00 bits per heavy atom. The maximum Gasteiger partial charge on any atom is 0.269 e. The number of benzene rings is 1. The van der Waals surface area contributed by atoms with Crippen LogP contribution in [0.25, 0.3) is 0 Å². The van der Waals surface area contributed by atoms with E-state index in [9.17, 15) is 14.9 Å². The quantitative estimate of drug-likeness (QED) is 0.648. The number of nitro benzene ring substituents is 1. The zero-order chi connectivity index (χ0) is 16.1. The average Bonchev–Trinajstić information content (AvgIpc) is 2.49. The first-order chi connectivity index (χ1) is 10.5. The average molecular weight is 366 g/mol. The Labute approximate surface area is 134 Å². The van der Waals surface area contributed by atoms with Gasteiger partial charge in [0.15, 0.2) is 6.61 Å². The van der Waals surface area contributed by atoms with E-state index in [1.54, 1.807) is 12.1 Å². The molecule has 114 valence electrons. The second-order valence-electron chi connectivity index (χ2n) is 4.35. The number of halogens is 1. The van der Waals surface area contributed by atoms with Crippen molar-refractivity contribution in [1.29, 1.82) is 0 Å². The number of hydrogen-bond acceptors (Lipinski definition) is 5. The van der Waals surface area contributed by atoms with Gasteiger partial charge in [-0.1, -0.05) is 0 Å². The summed E-state index contributed by atoms with van der Waals surface area (Å²) in [6, 6.07) is 8.95. The number of carbonyl (C=O) groups excluding carboxylic acids is 1. The molecule has 1 amide bonds. The summed E-state index contributed by atoms with van der Waals surface area (Å²) < 4.78 is 6.11. The van der Waals surface area contributed by atoms with Crippen LogP contribution in [0.1, 0.15) is 5.69 Å². The van der Waals surface area contributed by atoms with Gasteiger partial charge in [0.25, 0.3) is 11.6 Å². The molecule has 1 N–H and O–H groups in total. The molecule has 0 bridgehead atoms. The zero-order valence-corrected chi connectivity index (χ0v) is 13.2. The maximum absolute atomic E-state index is 11.8. The Balaban J connectivity index is 1.89. The van der Waals surface area contributed by atoms with Crippen molar-refractivity contribution in [2.75, 3.05) is 11.9 Å². The fraction of sp³-hybridized carbons (Fsp3) is 0.143. The number of amides is 1. The molecular formula is C14H12BrN3O4. The molecule has 0 aliphatic rings. The third kappa shape index (κ3) is 4.26. The van der Waals surface area contributed by atoms with Crippen LogP contribution >= 0.6 is 15.9 Å². The number of pyridine rings is 1. The summed E-state index contributed by atoms with van der Waals surface area (Å²) in [5.41, 5.74) is 0.723. The van der Waals surface area contributed by atoms with Crippen LogP contribution in [-0.4, -0.2) is 22.4 Å². The molecule has 2 aromatic rings. The fourth-order valence-corrected chi connectivity index (χ4v) is 1.83. The summed E-state index contributed by atoms with van der Waals surface area (Å²) >= 11 is 3.33. The first-order valence-corrected chi connectivity index (χ1v) is 7.05. The summed E-state index contributed by atoms with van der Waals surface area (Å²) in [4.78, 5) is 26.0. The fourth-order valence-electron chi connectivity index (χ4n) is 1.61. The highest BCUT2D eigenvalue weighted by Gasteiger charge is 2.08. The number of hydrogen-bond donors (Lipinski definition) is 1. The number of ether oxygens (including phenoxy) is 1. The number of anilines is 1. The van der Waals surface area contributed by atoms with E-state index in [4.69, 9.17) is 4.74 Å². The highest BCUT2D eigenvalue weighted by Crippen LogP contribution is 2.18. The van der Waals surface area contributed by atoms with E-state index in [1.165, 1.54) is 24.3 Å². The summed E-state index contributed by atoms with van der Waals surface area (Å²) in [7, 11) is 0. The molecule has 0 radical (unpaired) electrons. The van der Waals surface area contributed by atoms with Gasteiger partial charge in [0, 0.05) is 16.6 Å². The molecule has 0 saturated heterocycles. The molecule has 0 aliphatic carbocycles. The van der Waals surface area contributed by atoms with Gasteiger partial charge in [-0.2, -0.15) is 0 Å². The van der Waals surface area contributed by atoms with Crippen LogP contribution in [0, 0.1) is 17.0 Å². The highest BCUT2D eigenvalue weighted by molar-refractivity contribution is 9.10. The van der Waals surface area contributed by atoms with Crippen molar-refractivity contribution in [2.24, 2.45) is 0 Å². The smallest absolute Gasteiger partial charge is 0.269 e. The van der Waals surface area contributed by atoms with Gasteiger partial charge in [0.1, 0.15) is 11.6 Å². The molecule has 7 nitrogen and oxygen atoms in total. The van der Waals surface area contributed by atoms with Crippen LogP contribution in [-0.2, 0) is 4.79 Å². The standard InChI is InChI=1S/C14H12BrN3O4/c1-9-12(15)6-7-13(16-9)17-14(19)8-22-11-4-2-10(3-5-11)18(20)21/h2-7H,8H2,1H3,(H,16,17,19). The molecular weight excluding hydrogens is 354 g/mol. The number of nitro groups is 1. The van der Waals surface area contributed by atoms with Gasteiger partial charge >= 0.3 is 0 Å². The van der Waals surface area contributed by atoms with Crippen molar-refractivity contribution in [1.82, 2.24) is 4.98 Å². The molecule has 0 saturated carbocycles. The van der Waals surface area contributed by atoms with E-state index < -0.39 is 4.92 Å². The van der Waals surface area contributed by atoms with E-state index in [0.717, 1.165) is 10.2 Å². The van der Waals surface area contributed by atoms with Crippen molar-refractivity contribution < 1.29 is 14.5 Å². The van der Waals surface area contributed by atoms with Gasteiger partial charge in [-0.25, -0.2) is 4.98 Å². The van der Waals surface area contributed by atoms with Crippen molar-refractivity contribution in [3.8, 4) is 5.75 Å². The Morgan fingerprint density at radius 1 is 1.32 bits per heavy atom. The Bertz CT molecular complexity index is 704.